The maximum Gasteiger partial charge on any atom is 0.418 e. The molecule has 1 aliphatic heterocycles. The first-order valence-electron chi connectivity index (χ1n) is 10.5. The van der Waals surface area contributed by atoms with Gasteiger partial charge in [0.1, 0.15) is 0 Å². The molecule has 2 aromatic rings. The van der Waals surface area contributed by atoms with E-state index in [-0.39, 0.29) is 30.7 Å². The first-order chi connectivity index (χ1) is 15.2. The zero-order valence-corrected chi connectivity index (χ0v) is 17.9. The second-order valence-corrected chi connectivity index (χ2v) is 7.84. The summed E-state index contributed by atoms with van der Waals surface area (Å²) in [5, 5.41) is 5.35. The molecule has 1 saturated heterocycles. The molecule has 3 rings (SSSR count). The van der Waals surface area contributed by atoms with Gasteiger partial charge in [0.2, 0.25) is 11.8 Å². The van der Waals surface area contributed by atoms with Gasteiger partial charge in [0, 0.05) is 26.2 Å². The van der Waals surface area contributed by atoms with Crippen molar-refractivity contribution in [1.82, 2.24) is 15.1 Å². The van der Waals surface area contributed by atoms with Crippen LogP contribution in [0.1, 0.15) is 24.1 Å². The van der Waals surface area contributed by atoms with E-state index >= 15 is 0 Å². The van der Waals surface area contributed by atoms with Gasteiger partial charge in [0.05, 0.1) is 30.4 Å². The van der Waals surface area contributed by atoms with E-state index in [4.69, 9.17) is 0 Å². The molecule has 9 heteroatoms. The molecule has 2 amide bonds. The third-order valence-electron chi connectivity index (χ3n) is 5.38. The average Bonchev–Trinajstić information content (AvgIpc) is 2.75. The van der Waals surface area contributed by atoms with Gasteiger partial charge in [-0.3, -0.25) is 19.4 Å². The van der Waals surface area contributed by atoms with E-state index in [0.29, 0.717) is 26.2 Å². The van der Waals surface area contributed by atoms with Crippen LogP contribution < -0.4 is 10.6 Å². The zero-order chi connectivity index (χ0) is 23.1. The number of nitrogens with zero attached hydrogens (tertiary/aromatic N) is 2. The first-order valence-corrected chi connectivity index (χ1v) is 10.5. The lowest BCUT2D eigenvalue weighted by atomic mass is 10.1. The lowest BCUT2D eigenvalue weighted by Crippen LogP contribution is -2.51. The van der Waals surface area contributed by atoms with Crippen LogP contribution in [-0.4, -0.2) is 60.9 Å². The Morgan fingerprint density at radius 1 is 0.875 bits per heavy atom. The Kier molecular flexibility index (Phi) is 7.87. The molecule has 1 aliphatic rings. The van der Waals surface area contributed by atoms with Crippen LogP contribution in [0.3, 0.4) is 0 Å². The lowest BCUT2D eigenvalue weighted by Gasteiger charge is -2.34. The topological polar surface area (TPSA) is 64.7 Å². The number of anilines is 1. The number of hydrogen-bond donors (Lipinski definition) is 2. The minimum Gasteiger partial charge on any atom is -0.348 e. The number of hydrogen-bond acceptors (Lipinski definition) is 4. The van der Waals surface area contributed by atoms with Crippen LogP contribution in [0.15, 0.2) is 54.6 Å². The third-order valence-corrected chi connectivity index (χ3v) is 5.38. The molecule has 2 aromatic carbocycles. The van der Waals surface area contributed by atoms with Crippen LogP contribution in [0.4, 0.5) is 18.9 Å². The van der Waals surface area contributed by atoms with Gasteiger partial charge >= 0.3 is 6.18 Å². The molecule has 0 aliphatic carbocycles. The normalized spacial score (nSPS) is 16.4. The minimum absolute atomic E-state index is 0.00271. The second-order valence-electron chi connectivity index (χ2n) is 7.84. The van der Waals surface area contributed by atoms with E-state index in [1.807, 2.05) is 47.1 Å². The number of benzene rings is 2. The summed E-state index contributed by atoms with van der Waals surface area (Å²) in [7, 11) is 0. The Labute approximate surface area is 185 Å². The summed E-state index contributed by atoms with van der Waals surface area (Å²) < 4.78 is 39.2. The summed E-state index contributed by atoms with van der Waals surface area (Å²) in [5.74, 6) is -0.569. The van der Waals surface area contributed by atoms with Gasteiger partial charge in [0.25, 0.3) is 0 Å². The van der Waals surface area contributed by atoms with Crippen LogP contribution in [0.5, 0.6) is 0 Å². The summed E-state index contributed by atoms with van der Waals surface area (Å²) in [6.45, 7) is 4.49. The molecule has 0 aromatic heterocycles. The van der Waals surface area contributed by atoms with E-state index in [1.54, 1.807) is 0 Å². The molecule has 1 unspecified atom stereocenters. The lowest BCUT2D eigenvalue weighted by molar-refractivity contribution is -0.137. The Hall–Kier alpha value is -2.91. The van der Waals surface area contributed by atoms with E-state index in [1.165, 1.54) is 18.2 Å². The summed E-state index contributed by atoms with van der Waals surface area (Å²) in [6.07, 6.45) is -4.53. The highest BCUT2D eigenvalue weighted by atomic mass is 19.4. The number of rotatable bonds is 7. The van der Waals surface area contributed by atoms with E-state index in [9.17, 15) is 22.8 Å². The van der Waals surface area contributed by atoms with Crippen molar-refractivity contribution in [2.75, 3.05) is 44.6 Å². The summed E-state index contributed by atoms with van der Waals surface area (Å²) in [6, 6.07) is 14.5. The Morgan fingerprint density at radius 3 is 2.00 bits per heavy atom. The fourth-order valence-electron chi connectivity index (χ4n) is 3.65. The number of nitrogens with one attached hydrogen (secondary N) is 2. The van der Waals surface area contributed by atoms with Crippen molar-refractivity contribution in [3.8, 4) is 0 Å². The molecule has 1 atom stereocenters. The van der Waals surface area contributed by atoms with E-state index in [2.05, 4.69) is 10.6 Å². The monoisotopic (exact) mass is 448 g/mol. The predicted molar refractivity (Wildman–Crippen MR) is 116 cm³/mol. The summed E-state index contributed by atoms with van der Waals surface area (Å²) in [5.41, 5.74) is -0.0782. The Morgan fingerprint density at radius 2 is 1.41 bits per heavy atom. The zero-order valence-electron chi connectivity index (χ0n) is 17.9. The predicted octanol–water partition coefficient (Wildman–Crippen LogP) is 3.14. The molecule has 1 heterocycles. The molecule has 0 saturated carbocycles. The van der Waals surface area contributed by atoms with Crippen LogP contribution >= 0.6 is 0 Å². The van der Waals surface area contributed by atoms with Gasteiger partial charge in [-0.25, -0.2) is 0 Å². The fraction of sp³-hybridized carbons (Fsp3) is 0.391. The molecule has 172 valence electrons. The summed E-state index contributed by atoms with van der Waals surface area (Å²) >= 11 is 0. The molecule has 0 spiro atoms. The molecule has 1 fully saturated rings. The highest BCUT2D eigenvalue weighted by Gasteiger charge is 2.33. The SMILES string of the molecule is CC(NC(=O)CN1CCN(CC(=O)Nc2ccccc2C(F)(F)F)CC1)c1ccccc1. The van der Waals surface area contributed by atoms with Crippen LogP contribution in [0.25, 0.3) is 0 Å². The van der Waals surface area contributed by atoms with Crippen LogP contribution in [0.2, 0.25) is 0 Å². The Balaban J connectivity index is 1.42. The number of piperazine rings is 1. The van der Waals surface area contributed by atoms with Gasteiger partial charge in [-0.05, 0) is 24.6 Å². The van der Waals surface area contributed by atoms with Crippen molar-refractivity contribution in [1.29, 1.82) is 0 Å². The van der Waals surface area contributed by atoms with Gasteiger partial charge in [0.15, 0.2) is 0 Å². The van der Waals surface area contributed by atoms with Gasteiger partial charge in [-0.1, -0.05) is 42.5 Å². The number of alkyl halides is 3. The average molecular weight is 448 g/mol. The largest absolute Gasteiger partial charge is 0.418 e. The maximum atomic E-state index is 13.1. The van der Waals surface area contributed by atoms with Crippen molar-refractivity contribution in [2.24, 2.45) is 0 Å². The quantitative estimate of drug-likeness (QED) is 0.683. The molecule has 2 N–H and O–H groups in total. The van der Waals surface area contributed by atoms with Gasteiger partial charge < -0.3 is 10.6 Å². The Bertz CT molecular complexity index is 913. The van der Waals surface area contributed by atoms with Crippen molar-refractivity contribution in [3.63, 3.8) is 0 Å². The summed E-state index contributed by atoms with van der Waals surface area (Å²) in [4.78, 5) is 28.5. The van der Waals surface area contributed by atoms with Crippen molar-refractivity contribution in [3.05, 3.63) is 65.7 Å². The van der Waals surface area contributed by atoms with Crippen LogP contribution in [-0.2, 0) is 15.8 Å². The molecule has 0 radical (unpaired) electrons. The minimum atomic E-state index is -4.53. The molecule has 6 nitrogen and oxygen atoms in total. The smallest absolute Gasteiger partial charge is 0.348 e. The van der Waals surface area contributed by atoms with Crippen LogP contribution in [0, 0.1) is 0 Å². The fourth-order valence-corrected chi connectivity index (χ4v) is 3.65. The standard InChI is InChI=1S/C23H27F3N4O2/c1-17(18-7-3-2-4-8-18)27-21(31)15-29-11-13-30(14-12-29)16-22(32)28-20-10-6-5-9-19(20)23(24,25)26/h2-10,17H,11-16H2,1H3,(H,27,31)(H,28,32). The highest BCUT2D eigenvalue weighted by molar-refractivity contribution is 5.93. The van der Waals surface area contributed by atoms with Crippen molar-refractivity contribution >= 4 is 17.5 Å². The molecular formula is C23H27F3N4O2. The molecule has 0 bridgehead atoms. The molecule has 32 heavy (non-hydrogen) atoms. The number of para-hydroxylation sites is 1. The van der Waals surface area contributed by atoms with E-state index < -0.39 is 17.6 Å². The van der Waals surface area contributed by atoms with Crippen molar-refractivity contribution < 1.29 is 22.8 Å². The first kappa shape index (κ1) is 23.7. The maximum absolute atomic E-state index is 13.1. The molecular weight excluding hydrogens is 421 g/mol. The number of carbonyl (C=O) groups excluding carboxylic acids is 2. The number of carbonyl (C=O) groups is 2. The number of amides is 2. The van der Waals surface area contributed by atoms with E-state index in [0.717, 1.165) is 11.6 Å². The van der Waals surface area contributed by atoms with Crippen molar-refractivity contribution in [2.45, 2.75) is 19.1 Å². The van der Waals surface area contributed by atoms with Gasteiger partial charge in [-0.2, -0.15) is 13.2 Å². The number of halogens is 3. The van der Waals surface area contributed by atoms with Gasteiger partial charge in [-0.15, -0.1) is 0 Å². The highest BCUT2D eigenvalue weighted by Crippen LogP contribution is 2.34. The third kappa shape index (κ3) is 6.80. The second kappa shape index (κ2) is 10.6.